The lowest BCUT2D eigenvalue weighted by molar-refractivity contribution is -0.118. The SMILES string of the molecule is CC(=Nn1c(-c2ccc3c(c2)NC(=O)CO3)csc1=Nc1ccc(F)cc1)c1ccncc1. The first-order valence-electron chi connectivity index (χ1n) is 10.1. The lowest BCUT2D eigenvalue weighted by Crippen LogP contribution is -2.25. The van der Waals surface area contributed by atoms with Crippen molar-refractivity contribution in [1.82, 2.24) is 9.66 Å². The molecule has 164 valence electrons. The predicted molar refractivity (Wildman–Crippen MR) is 125 cm³/mol. The number of amides is 1. The van der Waals surface area contributed by atoms with Crippen LogP contribution in [0.15, 0.2) is 82.5 Å². The zero-order valence-corrected chi connectivity index (χ0v) is 18.3. The van der Waals surface area contributed by atoms with Gasteiger partial charge in [-0.25, -0.2) is 14.1 Å². The molecule has 1 aliphatic heterocycles. The molecular weight excluding hydrogens is 441 g/mol. The van der Waals surface area contributed by atoms with Gasteiger partial charge in [0.2, 0.25) is 4.80 Å². The fourth-order valence-corrected chi connectivity index (χ4v) is 4.19. The molecule has 0 aliphatic carbocycles. The van der Waals surface area contributed by atoms with Gasteiger partial charge < -0.3 is 10.1 Å². The Labute approximate surface area is 192 Å². The number of rotatable bonds is 4. The number of ether oxygens (including phenoxy) is 1. The summed E-state index contributed by atoms with van der Waals surface area (Å²) in [4.78, 5) is 21.1. The second kappa shape index (κ2) is 8.79. The number of carbonyl (C=O) groups is 1. The van der Waals surface area contributed by atoms with Crippen LogP contribution in [0.25, 0.3) is 11.3 Å². The molecule has 0 saturated carbocycles. The Morgan fingerprint density at radius 3 is 2.73 bits per heavy atom. The van der Waals surface area contributed by atoms with Crippen molar-refractivity contribution in [3.63, 3.8) is 0 Å². The molecule has 0 atom stereocenters. The summed E-state index contributed by atoms with van der Waals surface area (Å²) in [5, 5.41) is 9.62. The molecule has 2 aromatic heterocycles. The maximum Gasteiger partial charge on any atom is 0.262 e. The smallest absolute Gasteiger partial charge is 0.262 e. The van der Waals surface area contributed by atoms with Crippen molar-refractivity contribution in [3.8, 4) is 17.0 Å². The van der Waals surface area contributed by atoms with E-state index in [1.807, 2.05) is 42.6 Å². The molecular formula is C24H18FN5O2S. The number of hydrogen-bond donors (Lipinski definition) is 1. The molecule has 7 nitrogen and oxygen atoms in total. The zero-order valence-electron chi connectivity index (χ0n) is 17.5. The van der Waals surface area contributed by atoms with Gasteiger partial charge in [-0.2, -0.15) is 5.10 Å². The van der Waals surface area contributed by atoms with Crippen molar-refractivity contribution < 1.29 is 13.9 Å². The number of thiazole rings is 1. The van der Waals surface area contributed by atoms with Crippen molar-refractivity contribution in [2.45, 2.75) is 6.92 Å². The summed E-state index contributed by atoms with van der Waals surface area (Å²) in [5.41, 5.74) is 4.54. The van der Waals surface area contributed by atoms with Crippen molar-refractivity contribution in [2.75, 3.05) is 11.9 Å². The van der Waals surface area contributed by atoms with E-state index in [4.69, 9.17) is 9.84 Å². The van der Waals surface area contributed by atoms with Gasteiger partial charge in [-0.1, -0.05) is 0 Å². The summed E-state index contributed by atoms with van der Waals surface area (Å²) >= 11 is 1.41. The summed E-state index contributed by atoms with van der Waals surface area (Å²) in [5.74, 6) is 0.0998. The van der Waals surface area contributed by atoms with Crippen LogP contribution in [0.1, 0.15) is 12.5 Å². The number of benzene rings is 2. The largest absolute Gasteiger partial charge is 0.482 e. The Bertz CT molecular complexity index is 1430. The van der Waals surface area contributed by atoms with Crippen molar-refractivity contribution in [2.24, 2.45) is 10.1 Å². The molecule has 2 aromatic carbocycles. The van der Waals surface area contributed by atoms with Gasteiger partial charge in [0.15, 0.2) is 6.61 Å². The Morgan fingerprint density at radius 2 is 1.94 bits per heavy atom. The third kappa shape index (κ3) is 4.44. The number of nitrogens with one attached hydrogen (secondary N) is 1. The number of anilines is 1. The van der Waals surface area contributed by atoms with Gasteiger partial charge in [-0.05, 0) is 61.5 Å². The Kier molecular flexibility index (Phi) is 5.54. The van der Waals surface area contributed by atoms with Crippen LogP contribution < -0.4 is 14.9 Å². The standard InChI is InChI=1S/C24H18FN5O2S/c1-15(16-8-10-26-11-9-16)29-30-21(14-33-24(30)27-19-5-3-18(25)4-6-19)17-2-7-22-20(12-17)28-23(31)13-32-22/h2-12,14H,13H2,1H3,(H,28,31). The second-order valence-corrected chi connectivity index (χ2v) is 8.11. The maximum atomic E-state index is 13.3. The van der Waals surface area contributed by atoms with Gasteiger partial charge in [0.25, 0.3) is 5.91 Å². The number of carbonyl (C=O) groups excluding carboxylic acids is 1. The Hall–Kier alpha value is -4.11. The summed E-state index contributed by atoms with van der Waals surface area (Å²) in [6.07, 6.45) is 3.42. The molecule has 0 unspecified atom stereocenters. The number of halogens is 1. The summed E-state index contributed by atoms with van der Waals surface area (Å²) in [6, 6.07) is 15.3. The fourth-order valence-electron chi connectivity index (χ4n) is 3.34. The monoisotopic (exact) mass is 459 g/mol. The van der Waals surface area contributed by atoms with Gasteiger partial charge in [0.1, 0.15) is 11.6 Å². The summed E-state index contributed by atoms with van der Waals surface area (Å²) < 4.78 is 20.6. The van der Waals surface area contributed by atoms with E-state index in [-0.39, 0.29) is 18.3 Å². The van der Waals surface area contributed by atoms with E-state index in [0.29, 0.717) is 21.9 Å². The van der Waals surface area contributed by atoms with E-state index in [1.54, 1.807) is 29.2 Å². The molecule has 3 heterocycles. The van der Waals surface area contributed by atoms with E-state index in [1.165, 1.54) is 23.5 Å². The van der Waals surface area contributed by atoms with Crippen LogP contribution in [-0.4, -0.2) is 27.9 Å². The lowest BCUT2D eigenvalue weighted by atomic mass is 10.1. The topological polar surface area (TPSA) is 80.9 Å². The molecule has 1 N–H and O–H groups in total. The van der Waals surface area contributed by atoms with E-state index < -0.39 is 0 Å². The highest BCUT2D eigenvalue weighted by atomic mass is 32.1. The molecule has 4 aromatic rings. The van der Waals surface area contributed by atoms with Crippen LogP contribution in [0.4, 0.5) is 15.8 Å². The number of fused-ring (bicyclic) bond motifs is 1. The number of hydrogen-bond acceptors (Lipinski definition) is 6. The minimum Gasteiger partial charge on any atom is -0.482 e. The third-order valence-electron chi connectivity index (χ3n) is 4.99. The molecule has 0 bridgehead atoms. The van der Waals surface area contributed by atoms with Gasteiger partial charge >= 0.3 is 0 Å². The van der Waals surface area contributed by atoms with Crippen molar-refractivity contribution >= 4 is 34.3 Å². The van der Waals surface area contributed by atoms with Crippen LogP contribution in [-0.2, 0) is 4.79 Å². The first kappa shape index (κ1) is 20.8. The normalized spacial score (nSPS) is 13.9. The number of pyridine rings is 1. The predicted octanol–water partition coefficient (Wildman–Crippen LogP) is 4.59. The molecule has 0 spiro atoms. The van der Waals surface area contributed by atoms with Crippen LogP contribution in [0.5, 0.6) is 5.75 Å². The van der Waals surface area contributed by atoms with Gasteiger partial charge in [-0.3, -0.25) is 9.78 Å². The molecule has 9 heteroatoms. The lowest BCUT2D eigenvalue weighted by Gasteiger charge is -2.18. The first-order valence-corrected chi connectivity index (χ1v) is 11.0. The van der Waals surface area contributed by atoms with Crippen LogP contribution in [0.2, 0.25) is 0 Å². The molecule has 5 rings (SSSR count). The van der Waals surface area contributed by atoms with Gasteiger partial charge in [0, 0.05) is 28.9 Å². The maximum absolute atomic E-state index is 13.3. The minimum absolute atomic E-state index is 0.000909. The fraction of sp³-hybridized carbons (Fsp3) is 0.0833. The highest BCUT2D eigenvalue weighted by Crippen LogP contribution is 2.33. The molecule has 0 fully saturated rings. The number of nitrogens with zero attached hydrogens (tertiary/aromatic N) is 4. The summed E-state index contributed by atoms with van der Waals surface area (Å²) in [6.45, 7) is 1.91. The van der Waals surface area contributed by atoms with Crippen molar-refractivity contribution in [1.29, 1.82) is 0 Å². The van der Waals surface area contributed by atoms with Crippen LogP contribution >= 0.6 is 11.3 Å². The summed E-state index contributed by atoms with van der Waals surface area (Å²) in [7, 11) is 0. The molecule has 1 aliphatic rings. The minimum atomic E-state index is -0.321. The molecule has 0 radical (unpaired) electrons. The third-order valence-corrected chi connectivity index (χ3v) is 5.81. The quantitative estimate of drug-likeness (QED) is 0.454. The second-order valence-electron chi connectivity index (χ2n) is 7.27. The van der Waals surface area contributed by atoms with Gasteiger partial charge in [-0.15, -0.1) is 11.3 Å². The molecule has 33 heavy (non-hydrogen) atoms. The van der Waals surface area contributed by atoms with E-state index >= 15 is 0 Å². The zero-order chi connectivity index (χ0) is 22.8. The Morgan fingerprint density at radius 1 is 1.15 bits per heavy atom. The average Bonchev–Trinajstić information content (AvgIpc) is 3.22. The van der Waals surface area contributed by atoms with Crippen LogP contribution in [0.3, 0.4) is 0 Å². The van der Waals surface area contributed by atoms with Gasteiger partial charge in [0.05, 0.1) is 22.8 Å². The molecule has 1 amide bonds. The van der Waals surface area contributed by atoms with Crippen molar-refractivity contribution in [3.05, 3.63) is 88.6 Å². The Balaban J connectivity index is 1.66. The van der Waals surface area contributed by atoms with Crippen LogP contribution in [0, 0.1) is 5.82 Å². The van der Waals surface area contributed by atoms with E-state index in [9.17, 15) is 9.18 Å². The first-order chi connectivity index (χ1) is 16.1. The van der Waals surface area contributed by atoms with E-state index in [2.05, 4.69) is 15.3 Å². The average molecular weight is 460 g/mol. The van der Waals surface area contributed by atoms with E-state index in [0.717, 1.165) is 22.5 Å². The highest BCUT2D eigenvalue weighted by Gasteiger charge is 2.18. The highest BCUT2D eigenvalue weighted by molar-refractivity contribution is 7.07. The molecule has 0 saturated heterocycles. The number of aromatic nitrogens is 2.